The number of nitrogens with one attached hydrogen (secondary N) is 2. The largest absolute Gasteiger partial charge is 0.494 e. The van der Waals surface area contributed by atoms with Crippen LogP contribution < -0.4 is 15.4 Å². The molecule has 1 aromatic carbocycles. The van der Waals surface area contributed by atoms with Gasteiger partial charge in [0.05, 0.1) is 12.3 Å². The molecule has 0 saturated carbocycles. The van der Waals surface area contributed by atoms with E-state index in [2.05, 4.69) is 25.6 Å². The number of benzene rings is 1. The van der Waals surface area contributed by atoms with Crippen LogP contribution in [-0.4, -0.2) is 28.1 Å². The number of hydrogen-bond donors (Lipinski definition) is 2. The lowest BCUT2D eigenvalue weighted by Crippen LogP contribution is -2.07. The fourth-order valence-electron chi connectivity index (χ4n) is 2.74. The summed E-state index contributed by atoms with van der Waals surface area (Å²) in [5, 5.41) is 6.64. The zero-order valence-corrected chi connectivity index (χ0v) is 13.8. The van der Waals surface area contributed by atoms with Crippen LogP contribution >= 0.6 is 0 Å². The zero-order chi connectivity index (χ0) is 16.9. The van der Waals surface area contributed by atoms with Gasteiger partial charge in [-0.3, -0.25) is 0 Å². The number of aromatic nitrogens is 3. The van der Waals surface area contributed by atoms with Crippen molar-refractivity contribution in [1.29, 1.82) is 0 Å². The van der Waals surface area contributed by atoms with Gasteiger partial charge in [-0.25, -0.2) is 15.0 Å². The molecule has 4 bridgehead atoms. The summed E-state index contributed by atoms with van der Waals surface area (Å²) in [4.78, 5) is 13.4. The van der Waals surface area contributed by atoms with Gasteiger partial charge in [0.15, 0.2) is 0 Å². The van der Waals surface area contributed by atoms with Crippen LogP contribution in [0.3, 0.4) is 0 Å². The van der Waals surface area contributed by atoms with Crippen LogP contribution in [0.1, 0.15) is 12.8 Å². The van der Waals surface area contributed by atoms with Crippen LogP contribution in [0.2, 0.25) is 0 Å². The molecule has 0 spiro atoms. The lowest BCUT2D eigenvalue weighted by molar-refractivity contribution is 0.308. The summed E-state index contributed by atoms with van der Waals surface area (Å²) >= 11 is 0. The van der Waals surface area contributed by atoms with Crippen molar-refractivity contribution in [3.05, 3.63) is 54.9 Å². The molecule has 0 atom stereocenters. The Balaban J connectivity index is 1.73. The Hall–Kier alpha value is -3.15. The Labute approximate surface area is 146 Å². The van der Waals surface area contributed by atoms with Crippen LogP contribution in [0.4, 0.5) is 17.5 Å². The maximum absolute atomic E-state index is 5.82. The molecule has 0 radical (unpaired) electrons. The van der Waals surface area contributed by atoms with Crippen molar-refractivity contribution in [1.82, 2.24) is 15.0 Å². The normalized spacial score (nSPS) is 13.9. The summed E-state index contributed by atoms with van der Waals surface area (Å²) in [5.41, 5.74) is 2.69. The topological polar surface area (TPSA) is 72.0 Å². The van der Waals surface area contributed by atoms with E-state index in [9.17, 15) is 0 Å². The minimum Gasteiger partial charge on any atom is -0.494 e. The maximum atomic E-state index is 5.82. The first kappa shape index (κ1) is 15.4. The van der Waals surface area contributed by atoms with Gasteiger partial charge in [0.1, 0.15) is 11.6 Å². The van der Waals surface area contributed by atoms with Gasteiger partial charge in [0.2, 0.25) is 5.95 Å². The lowest BCUT2D eigenvalue weighted by Gasteiger charge is -2.11. The molecule has 1 aliphatic heterocycles. The molecule has 25 heavy (non-hydrogen) atoms. The smallest absolute Gasteiger partial charge is 0.227 e. The molecule has 6 nitrogen and oxygen atoms in total. The summed E-state index contributed by atoms with van der Waals surface area (Å²) in [6, 6.07) is 13.7. The summed E-state index contributed by atoms with van der Waals surface area (Å²) in [6.45, 7) is 1.52. The van der Waals surface area contributed by atoms with E-state index in [1.165, 1.54) is 0 Å². The lowest BCUT2D eigenvalue weighted by atomic mass is 10.2. The average Bonchev–Trinajstić information content (AvgIpc) is 2.65. The Bertz CT molecular complexity index is 868. The Morgan fingerprint density at radius 3 is 2.96 bits per heavy atom. The first-order valence-electron chi connectivity index (χ1n) is 8.41. The van der Waals surface area contributed by atoms with Crippen molar-refractivity contribution in [3.8, 4) is 17.0 Å². The van der Waals surface area contributed by atoms with Crippen molar-refractivity contribution >= 4 is 17.5 Å². The maximum Gasteiger partial charge on any atom is 0.227 e. The number of hydrogen-bond acceptors (Lipinski definition) is 6. The second-order valence-corrected chi connectivity index (χ2v) is 5.80. The minimum absolute atomic E-state index is 0.541. The van der Waals surface area contributed by atoms with Crippen molar-refractivity contribution in [2.24, 2.45) is 0 Å². The first-order chi connectivity index (χ1) is 12.4. The van der Waals surface area contributed by atoms with Crippen LogP contribution in [0.25, 0.3) is 11.3 Å². The van der Waals surface area contributed by atoms with Gasteiger partial charge >= 0.3 is 0 Å². The predicted octanol–water partition coefficient (Wildman–Crippen LogP) is 3.87. The minimum atomic E-state index is 0.541. The molecular formula is C19H19N5O. The van der Waals surface area contributed by atoms with E-state index in [-0.39, 0.29) is 0 Å². The molecule has 0 unspecified atom stereocenters. The number of rotatable bonds is 0. The van der Waals surface area contributed by atoms with Crippen molar-refractivity contribution in [2.45, 2.75) is 12.8 Å². The van der Waals surface area contributed by atoms with E-state index < -0.39 is 0 Å². The Morgan fingerprint density at radius 1 is 0.960 bits per heavy atom. The van der Waals surface area contributed by atoms with Gasteiger partial charge in [0.25, 0.3) is 0 Å². The first-order valence-corrected chi connectivity index (χ1v) is 8.41. The van der Waals surface area contributed by atoms with Gasteiger partial charge in [-0.15, -0.1) is 0 Å². The molecule has 1 aliphatic rings. The molecule has 126 valence electrons. The highest BCUT2D eigenvalue weighted by molar-refractivity contribution is 5.73. The number of pyridine rings is 1. The van der Waals surface area contributed by atoms with E-state index in [1.54, 1.807) is 12.4 Å². The van der Waals surface area contributed by atoms with Crippen LogP contribution in [0, 0.1) is 0 Å². The summed E-state index contributed by atoms with van der Waals surface area (Å²) in [6.07, 6.45) is 5.51. The molecule has 0 saturated heterocycles. The molecule has 2 N–H and O–H groups in total. The number of anilines is 3. The van der Waals surface area contributed by atoms with Crippen molar-refractivity contribution in [2.75, 3.05) is 23.8 Å². The highest BCUT2D eigenvalue weighted by Crippen LogP contribution is 2.26. The van der Waals surface area contributed by atoms with Gasteiger partial charge in [-0.1, -0.05) is 6.07 Å². The third-order valence-electron chi connectivity index (χ3n) is 3.96. The van der Waals surface area contributed by atoms with E-state index in [0.717, 1.165) is 47.9 Å². The molecule has 4 rings (SSSR count). The summed E-state index contributed by atoms with van der Waals surface area (Å²) < 4.78 is 5.82. The predicted molar refractivity (Wildman–Crippen MR) is 98.2 cm³/mol. The molecule has 6 heteroatoms. The number of nitrogens with zero attached hydrogens (tertiary/aromatic N) is 3. The summed E-state index contributed by atoms with van der Waals surface area (Å²) in [5.74, 6) is 2.22. The van der Waals surface area contributed by atoms with Gasteiger partial charge in [-0.2, -0.15) is 0 Å². The SMILES string of the molecule is c1cc2cc(c1)OCCCCNc1ncccc1-c1ccnc(n1)N2. The Kier molecular flexibility index (Phi) is 4.41. The van der Waals surface area contributed by atoms with Crippen LogP contribution in [-0.2, 0) is 0 Å². The molecule has 0 fully saturated rings. The van der Waals surface area contributed by atoms with Crippen molar-refractivity contribution < 1.29 is 4.74 Å². The van der Waals surface area contributed by atoms with Gasteiger partial charge in [0, 0.05) is 36.3 Å². The van der Waals surface area contributed by atoms with Gasteiger partial charge < -0.3 is 15.4 Å². The third-order valence-corrected chi connectivity index (χ3v) is 3.96. The van der Waals surface area contributed by atoms with E-state index >= 15 is 0 Å². The standard InChI is InChI=1S/C19H19N5O/c1-2-12-25-15-6-3-5-14(13-15)23-19-22-11-8-17(24-19)16-7-4-10-21-18(16)20-9-1/h3-8,10-11,13H,1-2,9,12H2,(H,20,21)(H,22,23,24). The van der Waals surface area contributed by atoms with Crippen LogP contribution in [0.15, 0.2) is 54.9 Å². The third kappa shape index (κ3) is 3.68. The molecular weight excluding hydrogens is 314 g/mol. The molecule has 2 aromatic heterocycles. The van der Waals surface area contributed by atoms with E-state index in [0.29, 0.717) is 12.6 Å². The molecule has 0 amide bonds. The Morgan fingerprint density at radius 2 is 1.96 bits per heavy atom. The molecule has 3 aromatic rings. The fraction of sp³-hybridized carbons (Fsp3) is 0.211. The fourth-order valence-corrected chi connectivity index (χ4v) is 2.74. The van der Waals surface area contributed by atoms with Crippen LogP contribution in [0.5, 0.6) is 5.75 Å². The number of fused-ring (bicyclic) bond motifs is 6. The van der Waals surface area contributed by atoms with Gasteiger partial charge in [-0.05, 0) is 43.2 Å². The van der Waals surface area contributed by atoms with E-state index in [1.807, 2.05) is 42.5 Å². The second kappa shape index (κ2) is 7.17. The zero-order valence-electron chi connectivity index (χ0n) is 13.8. The average molecular weight is 333 g/mol. The van der Waals surface area contributed by atoms with E-state index in [4.69, 9.17) is 4.74 Å². The molecule has 0 aliphatic carbocycles. The van der Waals surface area contributed by atoms with Crippen molar-refractivity contribution in [3.63, 3.8) is 0 Å². The second-order valence-electron chi connectivity index (χ2n) is 5.80. The number of ether oxygens (including phenoxy) is 1. The highest BCUT2D eigenvalue weighted by atomic mass is 16.5. The summed E-state index contributed by atoms with van der Waals surface area (Å²) in [7, 11) is 0. The quantitative estimate of drug-likeness (QED) is 0.651. The highest BCUT2D eigenvalue weighted by Gasteiger charge is 2.09. The monoisotopic (exact) mass is 333 g/mol. The molecule has 3 heterocycles.